The Morgan fingerprint density at radius 3 is 2.85 bits per heavy atom. The van der Waals surface area contributed by atoms with Crippen molar-refractivity contribution in [1.29, 1.82) is 0 Å². The molecule has 2 heterocycles. The maximum absolute atomic E-state index is 12.9. The van der Waals surface area contributed by atoms with Gasteiger partial charge in [0.25, 0.3) is 0 Å². The molecule has 3 nitrogen and oxygen atoms in total. The first-order chi connectivity index (χ1) is 9.75. The highest BCUT2D eigenvalue weighted by molar-refractivity contribution is 6.03. The molecule has 20 heavy (non-hydrogen) atoms. The van der Waals surface area contributed by atoms with Gasteiger partial charge in [-0.05, 0) is 44.5 Å². The summed E-state index contributed by atoms with van der Waals surface area (Å²) >= 11 is 0. The van der Waals surface area contributed by atoms with Crippen LogP contribution in [0.1, 0.15) is 36.5 Å². The number of carbonyl (C=O) groups excluding carboxylic acids is 1. The van der Waals surface area contributed by atoms with E-state index >= 15 is 0 Å². The first-order valence-electron chi connectivity index (χ1n) is 7.35. The smallest absolute Gasteiger partial charge is 0.169 e. The number of ketones is 1. The third kappa shape index (κ3) is 2.22. The molecule has 1 fully saturated rings. The minimum absolute atomic E-state index is 0.187. The van der Waals surface area contributed by atoms with Crippen LogP contribution in [0, 0.1) is 5.41 Å². The molecule has 1 saturated heterocycles. The Morgan fingerprint density at radius 2 is 2.10 bits per heavy atom. The fourth-order valence-electron chi connectivity index (χ4n) is 3.16. The Morgan fingerprint density at radius 1 is 1.30 bits per heavy atom. The normalized spacial score (nSPS) is 18.1. The third-order valence-corrected chi connectivity index (χ3v) is 4.59. The highest BCUT2D eigenvalue weighted by Crippen LogP contribution is 2.36. The lowest BCUT2D eigenvalue weighted by Gasteiger charge is -2.35. The zero-order valence-electron chi connectivity index (χ0n) is 11.9. The summed E-state index contributed by atoms with van der Waals surface area (Å²) in [4.78, 5) is 17.3. The van der Waals surface area contributed by atoms with Crippen LogP contribution in [0.5, 0.6) is 0 Å². The molecular weight excluding hydrogens is 248 g/mol. The standard InChI is InChI=1S/C17H20N2O/c1-2-17(7-10-18-11-8-17)16(20)14-6-5-13-4-3-9-19-15(13)12-14/h3-6,9,12,18H,2,7-8,10-11H2,1H3. The molecule has 1 N–H and O–H groups in total. The molecule has 1 aliphatic rings. The molecule has 1 aromatic heterocycles. The number of hydrogen-bond acceptors (Lipinski definition) is 3. The first kappa shape index (κ1) is 13.3. The van der Waals surface area contributed by atoms with Gasteiger partial charge in [-0.25, -0.2) is 0 Å². The average Bonchev–Trinajstić information content (AvgIpc) is 2.54. The summed E-state index contributed by atoms with van der Waals surface area (Å²) in [6.45, 7) is 4.00. The minimum Gasteiger partial charge on any atom is -0.317 e. The number of aromatic nitrogens is 1. The number of rotatable bonds is 3. The van der Waals surface area contributed by atoms with Gasteiger partial charge in [0.15, 0.2) is 5.78 Å². The van der Waals surface area contributed by atoms with E-state index in [4.69, 9.17) is 0 Å². The van der Waals surface area contributed by atoms with Crippen molar-refractivity contribution in [2.45, 2.75) is 26.2 Å². The lowest BCUT2D eigenvalue weighted by Crippen LogP contribution is -2.41. The zero-order chi connectivity index (χ0) is 14.0. The van der Waals surface area contributed by atoms with E-state index < -0.39 is 0 Å². The number of nitrogens with zero attached hydrogens (tertiary/aromatic N) is 1. The van der Waals surface area contributed by atoms with E-state index in [0.29, 0.717) is 0 Å². The van der Waals surface area contributed by atoms with E-state index in [1.165, 1.54) is 0 Å². The SMILES string of the molecule is CCC1(C(=O)c2ccc3cccnc3c2)CCNCC1. The molecule has 0 atom stereocenters. The topological polar surface area (TPSA) is 42.0 Å². The molecule has 3 heteroatoms. The summed E-state index contributed by atoms with van der Waals surface area (Å²) in [5, 5.41) is 4.43. The number of pyridine rings is 1. The Labute approximate surface area is 119 Å². The Balaban J connectivity index is 1.98. The minimum atomic E-state index is -0.187. The molecule has 0 radical (unpaired) electrons. The number of nitrogens with one attached hydrogen (secondary N) is 1. The average molecular weight is 268 g/mol. The maximum Gasteiger partial charge on any atom is 0.169 e. The largest absolute Gasteiger partial charge is 0.317 e. The highest BCUT2D eigenvalue weighted by Gasteiger charge is 2.38. The molecular formula is C17H20N2O. The zero-order valence-corrected chi connectivity index (χ0v) is 11.9. The first-order valence-corrected chi connectivity index (χ1v) is 7.35. The van der Waals surface area contributed by atoms with Crippen LogP contribution in [0.4, 0.5) is 0 Å². The summed E-state index contributed by atoms with van der Waals surface area (Å²) in [6, 6.07) is 9.84. The van der Waals surface area contributed by atoms with Crippen molar-refractivity contribution in [1.82, 2.24) is 10.3 Å². The number of piperidine rings is 1. The molecule has 0 spiro atoms. The van der Waals surface area contributed by atoms with Gasteiger partial charge < -0.3 is 5.32 Å². The Hall–Kier alpha value is -1.74. The molecule has 0 aliphatic carbocycles. The predicted octanol–water partition coefficient (Wildman–Crippen LogP) is 3.20. The molecule has 3 rings (SSSR count). The second kappa shape index (κ2) is 5.33. The fourth-order valence-corrected chi connectivity index (χ4v) is 3.16. The summed E-state index contributed by atoms with van der Waals surface area (Å²) in [5.74, 6) is 0.286. The van der Waals surface area contributed by atoms with Gasteiger partial charge in [-0.15, -0.1) is 0 Å². The van der Waals surface area contributed by atoms with Crippen molar-refractivity contribution in [2.24, 2.45) is 5.41 Å². The van der Waals surface area contributed by atoms with Gasteiger partial charge in [-0.1, -0.05) is 25.1 Å². The third-order valence-electron chi connectivity index (χ3n) is 4.59. The molecule has 0 bridgehead atoms. The molecule has 104 valence electrons. The van der Waals surface area contributed by atoms with Crippen molar-refractivity contribution in [3.8, 4) is 0 Å². The van der Waals surface area contributed by atoms with E-state index in [1.54, 1.807) is 6.20 Å². The summed E-state index contributed by atoms with van der Waals surface area (Å²) in [6.07, 6.45) is 4.55. The maximum atomic E-state index is 12.9. The number of benzene rings is 1. The van der Waals surface area contributed by atoms with Gasteiger partial charge in [0.1, 0.15) is 0 Å². The van der Waals surface area contributed by atoms with Crippen LogP contribution >= 0.6 is 0 Å². The lowest BCUT2D eigenvalue weighted by molar-refractivity contribution is 0.0718. The summed E-state index contributed by atoms with van der Waals surface area (Å²) in [7, 11) is 0. The Kier molecular flexibility index (Phi) is 3.53. The Bertz CT molecular complexity index is 630. The van der Waals surface area contributed by atoms with Crippen molar-refractivity contribution in [3.05, 3.63) is 42.1 Å². The van der Waals surface area contributed by atoms with Crippen molar-refractivity contribution in [2.75, 3.05) is 13.1 Å². The van der Waals surface area contributed by atoms with Crippen molar-refractivity contribution in [3.63, 3.8) is 0 Å². The van der Waals surface area contributed by atoms with Crippen LogP contribution in [0.3, 0.4) is 0 Å². The van der Waals surface area contributed by atoms with E-state index in [2.05, 4.69) is 17.2 Å². The van der Waals surface area contributed by atoms with Gasteiger partial charge >= 0.3 is 0 Å². The second-order valence-electron chi connectivity index (χ2n) is 5.62. The molecule has 0 unspecified atom stereocenters. The van der Waals surface area contributed by atoms with E-state index in [0.717, 1.165) is 48.8 Å². The summed E-state index contributed by atoms with van der Waals surface area (Å²) < 4.78 is 0. The number of carbonyl (C=O) groups is 1. The monoisotopic (exact) mass is 268 g/mol. The fraction of sp³-hybridized carbons (Fsp3) is 0.412. The summed E-state index contributed by atoms with van der Waals surface area (Å²) in [5.41, 5.74) is 1.52. The molecule has 2 aromatic rings. The van der Waals surface area contributed by atoms with E-state index in [9.17, 15) is 4.79 Å². The number of fused-ring (bicyclic) bond motifs is 1. The molecule has 0 amide bonds. The van der Waals surface area contributed by atoms with Crippen LogP contribution in [-0.4, -0.2) is 23.9 Å². The van der Waals surface area contributed by atoms with Crippen LogP contribution in [-0.2, 0) is 0 Å². The lowest BCUT2D eigenvalue weighted by atomic mass is 9.71. The van der Waals surface area contributed by atoms with Crippen molar-refractivity contribution >= 4 is 16.7 Å². The number of Topliss-reactive ketones (excluding diaryl/α,β-unsaturated/α-hetero) is 1. The number of hydrogen-bond donors (Lipinski definition) is 1. The predicted molar refractivity (Wildman–Crippen MR) is 80.9 cm³/mol. The van der Waals surface area contributed by atoms with E-state index in [1.807, 2.05) is 30.3 Å². The van der Waals surface area contributed by atoms with Crippen molar-refractivity contribution < 1.29 is 4.79 Å². The van der Waals surface area contributed by atoms with Gasteiger partial charge in [0, 0.05) is 22.6 Å². The van der Waals surface area contributed by atoms with Crippen LogP contribution in [0.2, 0.25) is 0 Å². The van der Waals surface area contributed by atoms with E-state index in [-0.39, 0.29) is 11.2 Å². The van der Waals surface area contributed by atoms with Crippen LogP contribution < -0.4 is 5.32 Å². The second-order valence-corrected chi connectivity index (χ2v) is 5.62. The van der Waals surface area contributed by atoms with Crippen LogP contribution in [0.25, 0.3) is 10.9 Å². The molecule has 1 aliphatic heterocycles. The van der Waals surface area contributed by atoms with Gasteiger partial charge in [0.2, 0.25) is 0 Å². The van der Waals surface area contributed by atoms with Gasteiger partial charge in [-0.3, -0.25) is 9.78 Å². The molecule has 0 saturated carbocycles. The van der Waals surface area contributed by atoms with Gasteiger partial charge in [0.05, 0.1) is 5.52 Å². The van der Waals surface area contributed by atoms with Gasteiger partial charge in [-0.2, -0.15) is 0 Å². The quantitative estimate of drug-likeness (QED) is 0.869. The highest BCUT2D eigenvalue weighted by atomic mass is 16.1. The molecule has 1 aromatic carbocycles. The van der Waals surface area contributed by atoms with Crippen LogP contribution in [0.15, 0.2) is 36.5 Å².